The summed E-state index contributed by atoms with van der Waals surface area (Å²) in [7, 11) is 0. The summed E-state index contributed by atoms with van der Waals surface area (Å²) in [4.78, 5) is 0. The van der Waals surface area contributed by atoms with Crippen LogP contribution in [0.5, 0.6) is 0 Å². The molecule has 0 aliphatic heterocycles. The van der Waals surface area contributed by atoms with E-state index in [-0.39, 0.29) is 0 Å². The van der Waals surface area contributed by atoms with E-state index in [0.717, 1.165) is 6.54 Å². The third-order valence-corrected chi connectivity index (χ3v) is 5.14. The zero-order valence-corrected chi connectivity index (χ0v) is 17.1. The lowest BCUT2D eigenvalue weighted by molar-refractivity contribution is 0.581. The first-order chi connectivity index (χ1) is 12.7. The standard InChI is InChI=1S/C25H37N/c1-4-5-6-7-8-9-10-13-20-26-23-18-16-22(17-19-23)25-15-12-11-14-24(25)21(2)3/h11-12,14-19,21,26H,4-10,13,20H2,1-3H3. The molecular formula is C25H37N. The molecular weight excluding hydrogens is 314 g/mol. The summed E-state index contributed by atoms with van der Waals surface area (Å²) < 4.78 is 0. The summed E-state index contributed by atoms with van der Waals surface area (Å²) in [6.45, 7) is 7.88. The van der Waals surface area contributed by atoms with Crippen molar-refractivity contribution in [1.82, 2.24) is 0 Å². The summed E-state index contributed by atoms with van der Waals surface area (Å²) in [6, 6.07) is 17.7. The molecule has 142 valence electrons. The van der Waals surface area contributed by atoms with Crippen molar-refractivity contribution in [2.45, 2.75) is 78.1 Å². The molecule has 26 heavy (non-hydrogen) atoms. The molecule has 0 aromatic heterocycles. The highest BCUT2D eigenvalue weighted by atomic mass is 14.9. The van der Waals surface area contributed by atoms with E-state index >= 15 is 0 Å². The Morgan fingerprint density at radius 1 is 0.731 bits per heavy atom. The van der Waals surface area contributed by atoms with Gasteiger partial charge in [-0.25, -0.2) is 0 Å². The van der Waals surface area contributed by atoms with Crippen LogP contribution in [0.3, 0.4) is 0 Å². The van der Waals surface area contributed by atoms with E-state index in [4.69, 9.17) is 0 Å². The minimum absolute atomic E-state index is 0.547. The fraction of sp³-hybridized carbons (Fsp3) is 0.520. The molecule has 0 bridgehead atoms. The fourth-order valence-corrected chi connectivity index (χ4v) is 3.52. The van der Waals surface area contributed by atoms with Crippen molar-refractivity contribution in [3.8, 4) is 11.1 Å². The lowest BCUT2D eigenvalue weighted by atomic mass is 9.93. The first kappa shape index (κ1) is 20.6. The third kappa shape index (κ3) is 6.86. The van der Waals surface area contributed by atoms with Crippen molar-refractivity contribution in [2.24, 2.45) is 0 Å². The molecule has 0 atom stereocenters. The largest absolute Gasteiger partial charge is 0.385 e. The number of nitrogens with one attached hydrogen (secondary N) is 1. The first-order valence-electron chi connectivity index (χ1n) is 10.7. The molecule has 2 aromatic rings. The Kier molecular flexibility index (Phi) is 9.31. The Balaban J connectivity index is 1.73. The van der Waals surface area contributed by atoms with E-state index in [1.54, 1.807) is 0 Å². The summed E-state index contributed by atoms with van der Waals surface area (Å²) >= 11 is 0. The second-order valence-corrected chi connectivity index (χ2v) is 7.72. The SMILES string of the molecule is CCCCCCCCCCNc1ccc(-c2ccccc2C(C)C)cc1. The second-order valence-electron chi connectivity index (χ2n) is 7.72. The van der Waals surface area contributed by atoms with Gasteiger partial charge in [-0.1, -0.05) is 102 Å². The maximum Gasteiger partial charge on any atom is 0.0340 e. The van der Waals surface area contributed by atoms with E-state index in [1.165, 1.54) is 73.7 Å². The molecule has 0 heterocycles. The first-order valence-corrected chi connectivity index (χ1v) is 10.7. The normalized spacial score (nSPS) is 11.1. The molecule has 2 rings (SSSR count). The van der Waals surface area contributed by atoms with Gasteiger partial charge < -0.3 is 5.32 Å². The highest BCUT2D eigenvalue weighted by molar-refractivity contribution is 5.69. The van der Waals surface area contributed by atoms with Crippen molar-refractivity contribution >= 4 is 5.69 Å². The Labute approximate surface area is 161 Å². The molecule has 0 aliphatic rings. The van der Waals surface area contributed by atoms with E-state index in [9.17, 15) is 0 Å². The average Bonchev–Trinajstić information content (AvgIpc) is 2.67. The summed E-state index contributed by atoms with van der Waals surface area (Å²) in [5, 5.41) is 3.57. The molecule has 0 saturated carbocycles. The quantitative estimate of drug-likeness (QED) is 0.382. The average molecular weight is 352 g/mol. The van der Waals surface area contributed by atoms with E-state index in [2.05, 4.69) is 74.6 Å². The van der Waals surface area contributed by atoms with Crippen molar-refractivity contribution in [2.75, 3.05) is 11.9 Å². The zero-order valence-electron chi connectivity index (χ0n) is 17.1. The fourth-order valence-electron chi connectivity index (χ4n) is 3.52. The molecule has 0 aliphatic carbocycles. The van der Waals surface area contributed by atoms with Gasteiger partial charge in [0, 0.05) is 12.2 Å². The van der Waals surface area contributed by atoms with Gasteiger partial charge in [-0.15, -0.1) is 0 Å². The topological polar surface area (TPSA) is 12.0 Å². The monoisotopic (exact) mass is 351 g/mol. The summed E-state index contributed by atoms with van der Waals surface area (Å²) in [6.07, 6.45) is 11.0. The molecule has 1 nitrogen and oxygen atoms in total. The van der Waals surface area contributed by atoms with E-state index in [1.807, 2.05) is 0 Å². The number of benzene rings is 2. The number of anilines is 1. The second kappa shape index (κ2) is 11.8. The Morgan fingerprint density at radius 3 is 2.00 bits per heavy atom. The molecule has 1 heteroatoms. The van der Waals surface area contributed by atoms with Crippen LogP contribution in [-0.2, 0) is 0 Å². The molecule has 0 amide bonds. The minimum atomic E-state index is 0.547. The number of unbranched alkanes of at least 4 members (excludes halogenated alkanes) is 7. The zero-order chi connectivity index (χ0) is 18.6. The summed E-state index contributed by atoms with van der Waals surface area (Å²) in [5.74, 6) is 0.547. The van der Waals surface area contributed by atoms with Crippen LogP contribution in [0, 0.1) is 0 Å². The van der Waals surface area contributed by atoms with Crippen LogP contribution in [0.4, 0.5) is 5.69 Å². The molecule has 0 radical (unpaired) electrons. The van der Waals surface area contributed by atoms with Crippen LogP contribution in [-0.4, -0.2) is 6.54 Å². The Hall–Kier alpha value is -1.76. The third-order valence-electron chi connectivity index (χ3n) is 5.14. The van der Waals surface area contributed by atoms with Gasteiger partial charge in [0.15, 0.2) is 0 Å². The maximum absolute atomic E-state index is 3.57. The van der Waals surface area contributed by atoms with Crippen LogP contribution in [0.25, 0.3) is 11.1 Å². The number of hydrogen-bond donors (Lipinski definition) is 1. The molecule has 0 unspecified atom stereocenters. The molecule has 0 saturated heterocycles. The van der Waals surface area contributed by atoms with Gasteiger partial charge >= 0.3 is 0 Å². The molecule has 2 aromatic carbocycles. The minimum Gasteiger partial charge on any atom is -0.385 e. The highest BCUT2D eigenvalue weighted by Crippen LogP contribution is 2.29. The van der Waals surface area contributed by atoms with Gasteiger partial charge in [0.25, 0.3) is 0 Å². The van der Waals surface area contributed by atoms with Crippen LogP contribution in [0.2, 0.25) is 0 Å². The molecule has 1 N–H and O–H groups in total. The van der Waals surface area contributed by atoms with Crippen LogP contribution >= 0.6 is 0 Å². The number of rotatable bonds is 12. The molecule has 0 fully saturated rings. The summed E-state index contributed by atoms with van der Waals surface area (Å²) in [5.41, 5.74) is 5.33. The predicted octanol–water partition coefficient (Wildman–Crippen LogP) is 8.03. The Morgan fingerprint density at radius 2 is 1.35 bits per heavy atom. The predicted molar refractivity (Wildman–Crippen MR) is 117 cm³/mol. The van der Waals surface area contributed by atoms with Crippen molar-refractivity contribution < 1.29 is 0 Å². The van der Waals surface area contributed by atoms with Crippen molar-refractivity contribution in [1.29, 1.82) is 0 Å². The van der Waals surface area contributed by atoms with Crippen LogP contribution in [0.1, 0.15) is 83.6 Å². The van der Waals surface area contributed by atoms with Crippen LogP contribution < -0.4 is 5.32 Å². The van der Waals surface area contributed by atoms with E-state index < -0.39 is 0 Å². The smallest absolute Gasteiger partial charge is 0.0340 e. The van der Waals surface area contributed by atoms with Crippen molar-refractivity contribution in [3.05, 3.63) is 54.1 Å². The van der Waals surface area contributed by atoms with Gasteiger partial charge in [-0.2, -0.15) is 0 Å². The van der Waals surface area contributed by atoms with E-state index in [0.29, 0.717) is 5.92 Å². The van der Waals surface area contributed by atoms with Gasteiger partial charge in [0.1, 0.15) is 0 Å². The van der Waals surface area contributed by atoms with Gasteiger partial charge in [0.2, 0.25) is 0 Å². The van der Waals surface area contributed by atoms with Crippen LogP contribution in [0.15, 0.2) is 48.5 Å². The Bertz CT molecular complexity index is 612. The highest BCUT2D eigenvalue weighted by Gasteiger charge is 2.07. The van der Waals surface area contributed by atoms with Gasteiger partial charge in [-0.3, -0.25) is 0 Å². The van der Waals surface area contributed by atoms with Crippen molar-refractivity contribution in [3.63, 3.8) is 0 Å². The lowest BCUT2D eigenvalue weighted by Crippen LogP contribution is -2.01. The maximum atomic E-state index is 3.57. The molecule has 0 spiro atoms. The number of hydrogen-bond acceptors (Lipinski definition) is 1. The van der Waals surface area contributed by atoms with Gasteiger partial charge in [0.05, 0.1) is 0 Å². The van der Waals surface area contributed by atoms with Gasteiger partial charge in [-0.05, 0) is 41.2 Å². The lowest BCUT2D eigenvalue weighted by Gasteiger charge is -2.13.